The summed E-state index contributed by atoms with van der Waals surface area (Å²) in [4.78, 5) is 0. The molecular weight excluding hydrogens is 98.1 g/mol. The fourth-order valence-corrected chi connectivity index (χ4v) is 1.38. The molecule has 1 rings (SSSR count). The lowest BCUT2D eigenvalue weighted by molar-refractivity contribution is 0.336. The molecule has 1 nitrogen and oxygen atoms in total. The summed E-state index contributed by atoms with van der Waals surface area (Å²) < 4.78 is 0. The molecule has 2 atom stereocenters. The predicted molar refractivity (Wildman–Crippen MR) is 35.9 cm³/mol. The molecule has 1 N–H and O–H groups in total. The van der Waals surface area contributed by atoms with E-state index in [4.69, 9.17) is 0 Å². The van der Waals surface area contributed by atoms with Gasteiger partial charge in [0.25, 0.3) is 0 Å². The van der Waals surface area contributed by atoms with Gasteiger partial charge in [-0.3, -0.25) is 0 Å². The van der Waals surface area contributed by atoms with E-state index < -0.39 is 0 Å². The Hall–Kier alpha value is -0.0400. The Morgan fingerprint density at radius 2 is 2.12 bits per heavy atom. The van der Waals surface area contributed by atoms with Crippen LogP contribution in [-0.4, -0.2) is 12.6 Å². The van der Waals surface area contributed by atoms with E-state index in [1.54, 1.807) is 0 Å². The van der Waals surface area contributed by atoms with Crippen molar-refractivity contribution in [3.63, 3.8) is 0 Å². The third kappa shape index (κ3) is 1.48. The molecule has 0 bridgehead atoms. The van der Waals surface area contributed by atoms with Crippen molar-refractivity contribution in [1.82, 2.24) is 5.32 Å². The lowest BCUT2D eigenvalue weighted by Gasteiger charge is -2.24. The number of piperidine rings is 1. The molecule has 0 saturated carbocycles. The van der Waals surface area contributed by atoms with Crippen LogP contribution in [0, 0.1) is 5.92 Å². The first-order chi connectivity index (χ1) is 3.79. The largest absolute Gasteiger partial charge is 0.314 e. The highest BCUT2D eigenvalue weighted by atomic mass is 14.9. The second kappa shape index (κ2) is 2.49. The molecule has 1 heteroatoms. The van der Waals surface area contributed by atoms with Crippen LogP contribution >= 0.6 is 0 Å². The summed E-state index contributed by atoms with van der Waals surface area (Å²) in [5.41, 5.74) is 0. The van der Waals surface area contributed by atoms with Crippen molar-refractivity contribution < 1.29 is 0 Å². The van der Waals surface area contributed by atoms with Gasteiger partial charge in [0, 0.05) is 6.04 Å². The number of hydrogen-bond donors (Lipinski definition) is 1. The Bertz CT molecular complexity index is 62.8. The topological polar surface area (TPSA) is 12.0 Å². The second-order valence-corrected chi connectivity index (χ2v) is 2.98. The third-order valence-corrected chi connectivity index (χ3v) is 1.89. The highest BCUT2D eigenvalue weighted by Crippen LogP contribution is 2.13. The molecule has 1 aliphatic rings. The summed E-state index contributed by atoms with van der Waals surface area (Å²) in [6, 6.07) is 0.763. The van der Waals surface area contributed by atoms with Crippen molar-refractivity contribution in [2.75, 3.05) is 6.54 Å². The monoisotopic (exact) mass is 113 g/mol. The lowest BCUT2D eigenvalue weighted by atomic mass is 9.96. The van der Waals surface area contributed by atoms with E-state index >= 15 is 0 Å². The van der Waals surface area contributed by atoms with Gasteiger partial charge in [0.15, 0.2) is 0 Å². The standard InChI is InChI=1S/C7H15N/c1-6-3-4-8-7(2)5-6/h6-8H,3-5H2,1-2H3/t6-,7?/m1/s1. The molecule has 8 heavy (non-hydrogen) atoms. The molecule has 0 aromatic rings. The van der Waals surface area contributed by atoms with Gasteiger partial charge in [-0.1, -0.05) is 6.92 Å². The average molecular weight is 113 g/mol. The summed E-state index contributed by atoms with van der Waals surface area (Å²) in [5, 5.41) is 3.41. The Morgan fingerprint density at radius 3 is 2.50 bits per heavy atom. The van der Waals surface area contributed by atoms with E-state index in [9.17, 15) is 0 Å². The second-order valence-electron chi connectivity index (χ2n) is 2.98. The number of rotatable bonds is 0. The SMILES string of the molecule is CC1C[C@H](C)CCN1. The van der Waals surface area contributed by atoms with Crippen molar-refractivity contribution in [3.8, 4) is 0 Å². The van der Waals surface area contributed by atoms with E-state index in [1.807, 2.05) is 0 Å². The zero-order chi connectivity index (χ0) is 5.98. The normalized spacial score (nSPS) is 39.8. The molecule has 48 valence electrons. The summed E-state index contributed by atoms with van der Waals surface area (Å²) >= 11 is 0. The van der Waals surface area contributed by atoms with Crippen LogP contribution in [0.3, 0.4) is 0 Å². The summed E-state index contributed by atoms with van der Waals surface area (Å²) in [6.45, 7) is 5.81. The van der Waals surface area contributed by atoms with Gasteiger partial charge in [-0.25, -0.2) is 0 Å². The molecule has 1 fully saturated rings. The minimum Gasteiger partial charge on any atom is -0.314 e. The Kier molecular flexibility index (Phi) is 1.90. The van der Waals surface area contributed by atoms with Gasteiger partial charge in [0.2, 0.25) is 0 Å². The molecule has 0 amide bonds. The van der Waals surface area contributed by atoms with Crippen molar-refractivity contribution in [2.45, 2.75) is 32.7 Å². The smallest absolute Gasteiger partial charge is 0.00412 e. The van der Waals surface area contributed by atoms with E-state index in [-0.39, 0.29) is 0 Å². The van der Waals surface area contributed by atoms with Crippen LogP contribution in [0.5, 0.6) is 0 Å². The Labute approximate surface area is 51.5 Å². The van der Waals surface area contributed by atoms with Crippen LogP contribution < -0.4 is 5.32 Å². The van der Waals surface area contributed by atoms with Crippen molar-refractivity contribution in [1.29, 1.82) is 0 Å². The lowest BCUT2D eigenvalue weighted by Crippen LogP contribution is -2.34. The van der Waals surface area contributed by atoms with Crippen molar-refractivity contribution >= 4 is 0 Å². The van der Waals surface area contributed by atoms with Crippen LogP contribution in [-0.2, 0) is 0 Å². The fourth-order valence-electron chi connectivity index (χ4n) is 1.38. The first-order valence-corrected chi connectivity index (χ1v) is 3.52. The third-order valence-electron chi connectivity index (χ3n) is 1.89. The molecule has 0 aromatic carbocycles. The van der Waals surface area contributed by atoms with E-state index in [2.05, 4.69) is 19.2 Å². The van der Waals surface area contributed by atoms with Crippen LogP contribution in [0.1, 0.15) is 26.7 Å². The van der Waals surface area contributed by atoms with Crippen LogP contribution in [0.25, 0.3) is 0 Å². The first kappa shape index (κ1) is 6.09. The Morgan fingerprint density at radius 1 is 1.38 bits per heavy atom. The van der Waals surface area contributed by atoms with E-state index in [0.717, 1.165) is 12.0 Å². The minimum atomic E-state index is 0.763. The Balaban J connectivity index is 2.23. The van der Waals surface area contributed by atoms with Gasteiger partial charge in [-0.05, 0) is 32.2 Å². The predicted octanol–water partition coefficient (Wildman–Crippen LogP) is 1.39. The average Bonchev–Trinajstić information content (AvgIpc) is 1.64. The number of nitrogens with one attached hydrogen (secondary N) is 1. The molecule has 0 aliphatic carbocycles. The fraction of sp³-hybridized carbons (Fsp3) is 1.00. The van der Waals surface area contributed by atoms with Crippen molar-refractivity contribution in [3.05, 3.63) is 0 Å². The molecule has 1 aliphatic heterocycles. The van der Waals surface area contributed by atoms with Gasteiger partial charge >= 0.3 is 0 Å². The van der Waals surface area contributed by atoms with Crippen LogP contribution in [0.4, 0.5) is 0 Å². The van der Waals surface area contributed by atoms with Gasteiger partial charge < -0.3 is 5.32 Å². The highest BCUT2D eigenvalue weighted by Gasteiger charge is 2.12. The maximum absolute atomic E-state index is 3.41. The van der Waals surface area contributed by atoms with Gasteiger partial charge in [0.05, 0.1) is 0 Å². The first-order valence-electron chi connectivity index (χ1n) is 3.52. The quantitative estimate of drug-likeness (QED) is 0.500. The molecule has 1 saturated heterocycles. The van der Waals surface area contributed by atoms with Crippen molar-refractivity contribution in [2.24, 2.45) is 5.92 Å². The summed E-state index contributed by atoms with van der Waals surface area (Å²) in [7, 11) is 0. The van der Waals surface area contributed by atoms with E-state index in [1.165, 1.54) is 19.4 Å². The molecule has 0 aromatic heterocycles. The highest BCUT2D eigenvalue weighted by molar-refractivity contribution is 4.71. The van der Waals surface area contributed by atoms with Gasteiger partial charge in [-0.2, -0.15) is 0 Å². The van der Waals surface area contributed by atoms with Crippen LogP contribution in [0.15, 0.2) is 0 Å². The van der Waals surface area contributed by atoms with E-state index in [0.29, 0.717) is 0 Å². The minimum absolute atomic E-state index is 0.763. The summed E-state index contributed by atoms with van der Waals surface area (Å²) in [6.07, 6.45) is 2.73. The zero-order valence-electron chi connectivity index (χ0n) is 5.78. The number of hydrogen-bond acceptors (Lipinski definition) is 1. The van der Waals surface area contributed by atoms with Gasteiger partial charge in [-0.15, -0.1) is 0 Å². The molecule has 0 spiro atoms. The molecular formula is C7H15N. The van der Waals surface area contributed by atoms with Gasteiger partial charge in [0.1, 0.15) is 0 Å². The molecule has 1 unspecified atom stereocenters. The maximum atomic E-state index is 3.41. The van der Waals surface area contributed by atoms with Crippen LogP contribution in [0.2, 0.25) is 0 Å². The summed E-state index contributed by atoms with van der Waals surface area (Å²) in [5.74, 6) is 0.950. The molecule has 1 heterocycles. The zero-order valence-corrected chi connectivity index (χ0v) is 5.78. The maximum Gasteiger partial charge on any atom is 0.00412 e. The molecule has 0 radical (unpaired) electrons.